The van der Waals surface area contributed by atoms with E-state index in [-0.39, 0.29) is 23.6 Å². The molecule has 0 fully saturated rings. The van der Waals surface area contributed by atoms with Crippen molar-refractivity contribution in [3.05, 3.63) is 86.7 Å². The minimum absolute atomic E-state index is 0.0795. The average Bonchev–Trinajstić information content (AvgIpc) is 3.27. The lowest BCUT2D eigenvalue weighted by Crippen LogP contribution is -2.23. The minimum Gasteiger partial charge on any atom is -0.320 e. The summed E-state index contributed by atoms with van der Waals surface area (Å²) in [5.41, 5.74) is 2.96. The van der Waals surface area contributed by atoms with E-state index in [1.807, 2.05) is 53.9 Å². The molecule has 0 saturated carbocycles. The zero-order valence-electron chi connectivity index (χ0n) is 16.4. The zero-order valence-corrected chi connectivity index (χ0v) is 18.0. The third kappa shape index (κ3) is 3.94. The van der Waals surface area contributed by atoms with E-state index in [0.29, 0.717) is 16.4 Å². The molecule has 0 aliphatic carbocycles. The Morgan fingerprint density at radius 1 is 1.17 bits per heavy atom. The summed E-state index contributed by atoms with van der Waals surface area (Å²) in [5.74, 6) is -0.288. The zero-order chi connectivity index (χ0) is 21.3. The highest BCUT2D eigenvalue weighted by atomic mass is 35.5. The van der Waals surface area contributed by atoms with Crippen molar-refractivity contribution in [1.29, 1.82) is 0 Å². The predicted octanol–water partition coefficient (Wildman–Crippen LogP) is 4.44. The molecule has 0 unspecified atom stereocenters. The lowest BCUT2D eigenvalue weighted by Gasteiger charge is -2.07. The second kappa shape index (κ2) is 8.30. The van der Waals surface area contributed by atoms with Gasteiger partial charge in [0.1, 0.15) is 10.7 Å². The number of halogens is 1. The van der Waals surface area contributed by atoms with E-state index in [2.05, 4.69) is 10.3 Å². The molecule has 8 heteroatoms. The molecule has 0 aliphatic rings. The number of carbonyl (C=O) groups excluding carboxylic acids is 1. The first kappa shape index (κ1) is 20.1. The number of anilines is 1. The van der Waals surface area contributed by atoms with Gasteiger partial charge in [-0.15, -0.1) is 11.3 Å². The van der Waals surface area contributed by atoms with Crippen molar-refractivity contribution in [2.75, 3.05) is 5.32 Å². The van der Waals surface area contributed by atoms with Crippen LogP contribution >= 0.6 is 22.9 Å². The van der Waals surface area contributed by atoms with Gasteiger partial charge in [-0.3, -0.25) is 14.3 Å². The van der Waals surface area contributed by atoms with Crippen LogP contribution in [0.5, 0.6) is 0 Å². The van der Waals surface area contributed by atoms with Crippen molar-refractivity contribution < 1.29 is 4.79 Å². The van der Waals surface area contributed by atoms with Gasteiger partial charge in [-0.25, -0.2) is 9.67 Å². The molecule has 2 aromatic carbocycles. The summed E-state index contributed by atoms with van der Waals surface area (Å²) in [6, 6.07) is 16.7. The number of hydrogen-bond donors (Lipinski definition) is 1. The summed E-state index contributed by atoms with van der Waals surface area (Å²) >= 11 is 7.49. The second-order valence-electron chi connectivity index (χ2n) is 6.82. The standard InChI is InChI=1S/C22H19ClN4O2S/c1-14-20(22(29)27(26(14)2)18-9-4-3-5-10-18)25-19(28)12-17-13-30-21(24-17)15-7-6-8-16(23)11-15/h3-11,13H,12H2,1-2H3,(H,25,28). The number of aromatic nitrogens is 3. The highest BCUT2D eigenvalue weighted by Gasteiger charge is 2.19. The maximum absolute atomic E-state index is 12.9. The van der Waals surface area contributed by atoms with Crippen LogP contribution in [0.1, 0.15) is 11.4 Å². The Balaban J connectivity index is 1.54. The van der Waals surface area contributed by atoms with Gasteiger partial charge in [0, 0.05) is 23.0 Å². The highest BCUT2D eigenvalue weighted by molar-refractivity contribution is 7.13. The van der Waals surface area contributed by atoms with Crippen molar-refractivity contribution in [2.24, 2.45) is 7.05 Å². The SMILES string of the molecule is Cc1c(NC(=O)Cc2csc(-c3cccc(Cl)c3)n2)c(=O)n(-c2ccccc2)n1C. The third-order valence-corrected chi connectivity index (χ3v) is 5.96. The van der Waals surface area contributed by atoms with Crippen LogP contribution in [-0.4, -0.2) is 20.3 Å². The van der Waals surface area contributed by atoms with E-state index in [1.54, 1.807) is 24.7 Å². The number of nitrogens with one attached hydrogen (secondary N) is 1. The van der Waals surface area contributed by atoms with Gasteiger partial charge in [0.25, 0.3) is 5.56 Å². The van der Waals surface area contributed by atoms with Gasteiger partial charge < -0.3 is 5.32 Å². The summed E-state index contributed by atoms with van der Waals surface area (Å²) in [4.78, 5) is 30.1. The Hall–Kier alpha value is -3.16. The molecule has 0 aliphatic heterocycles. The summed E-state index contributed by atoms with van der Waals surface area (Å²) < 4.78 is 3.26. The maximum Gasteiger partial charge on any atom is 0.295 e. The molecule has 2 aromatic heterocycles. The summed E-state index contributed by atoms with van der Waals surface area (Å²) in [7, 11) is 1.79. The second-order valence-corrected chi connectivity index (χ2v) is 8.11. The Morgan fingerprint density at radius 3 is 2.67 bits per heavy atom. The average molecular weight is 439 g/mol. The van der Waals surface area contributed by atoms with E-state index in [4.69, 9.17) is 11.6 Å². The summed E-state index contributed by atoms with van der Waals surface area (Å²) in [5, 5.41) is 6.04. The van der Waals surface area contributed by atoms with Crippen LogP contribution < -0.4 is 10.9 Å². The first-order chi connectivity index (χ1) is 14.4. The molecular formula is C22H19ClN4O2S. The fourth-order valence-corrected chi connectivity index (χ4v) is 4.21. The summed E-state index contributed by atoms with van der Waals surface area (Å²) in [6.45, 7) is 1.80. The van der Waals surface area contributed by atoms with Crippen molar-refractivity contribution in [3.63, 3.8) is 0 Å². The third-order valence-electron chi connectivity index (χ3n) is 4.78. The van der Waals surface area contributed by atoms with Crippen molar-refractivity contribution >= 4 is 34.5 Å². The number of rotatable bonds is 5. The van der Waals surface area contributed by atoms with E-state index < -0.39 is 0 Å². The quantitative estimate of drug-likeness (QED) is 0.500. The number of carbonyl (C=O) groups is 1. The highest BCUT2D eigenvalue weighted by Crippen LogP contribution is 2.26. The normalized spacial score (nSPS) is 10.9. The van der Waals surface area contributed by atoms with Crippen LogP contribution in [0.15, 0.2) is 64.8 Å². The van der Waals surface area contributed by atoms with Crippen molar-refractivity contribution in [3.8, 4) is 16.3 Å². The molecule has 0 atom stereocenters. The Kier molecular flexibility index (Phi) is 5.57. The molecule has 0 bridgehead atoms. The van der Waals surface area contributed by atoms with E-state index >= 15 is 0 Å². The monoisotopic (exact) mass is 438 g/mol. The van der Waals surface area contributed by atoms with E-state index in [9.17, 15) is 9.59 Å². The minimum atomic E-state index is -0.288. The van der Waals surface area contributed by atoms with Crippen LogP contribution in [0.2, 0.25) is 5.02 Å². The smallest absolute Gasteiger partial charge is 0.295 e. The van der Waals surface area contributed by atoms with Crippen LogP contribution in [0.4, 0.5) is 5.69 Å². The molecule has 152 valence electrons. The Labute approximate surface area is 182 Å². The van der Waals surface area contributed by atoms with E-state index in [0.717, 1.165) is 16.3 Å². The van der Waals surface area contributed by atoms with Crippen molar-refractivity contribution in [1.82, 2.24) is 14.3 Å². The molecule has 6 nitrogen and oxygen atoms in total. The fraction of sp³-hybridized carbons (Fsp3) is 0.136. The van der Waals surface area contributed by atoms with Crippen molar-refractivity contribution in [2.45, 2.75) is 13.3 Å². The molecule has 1 N–H and O–H groups in total. The molecule has 0 spiro atoms. The van der Waals surface area contributed by atoms with Gasteiger partial charge in [-0.1, -0.05) is 41.9 Å². The molecule has 2 heterocycles. The first-order valence-corrected chi connectivity index (χ1v) is 10.5. The molecular weight excluding hydrogens is 420 g/mol. The van der Waals surface area contributed by atoms with Gasteiger partial charge in [0.05, 0.1) is 23.5 Å². The molecule has 4 aromatic rings. The number of para-hydroxylation sites is 1. The van der Waals surface area contributed by atoms with Gasteiger partial charge in [0.2, 0.25) is 5.91 Å². The predicted molar refractivity (Wildman–Crippen MR) is 121 cm³/mol. The topological polar surface area (TPSA) is 68.9 Å². The van der Waals surface area contributed by atoms with Crippen LogP contribution in [-0.2, 0) is 18.3 Å². The van der Waals surface area contributed by atoms with Gasteiger partial charge >= 0.3 is 0 Å². The lowest BCUT2D eigenvalue weighted by atomic mass is 10.2. The molecule has 0 radical (unpaired) electrons. The number of thiazole rings is 1. The molecule has 1 amide bonds. The lowest BCUT2D eigenvalue weighted by molar-refractivity contribution is -0.115. The number of amides is 1. The number of nitrogens with zero attached hydrogens (tertiary/aromatic N) is 3. The van der Waals surface area contributed by atoms with Crippen LogP contribution in [0, 0.1) is 6.92 Å². The van der Waals surface area contributed by atoms with Gasteiger partial charge in [-0.05, 0) is 31.2 Å². The van der Waals surface area contributed by atoms with E-state index in [1.165, 1.54) is 16.0 Å². The van der Waals surface area contributed by atoms with Gasteiger partial charge in [-0.2, -0.15) is 0 Å². The molecule has 0 saturated heterocycles. The maximum atomic E-state index is 12.9. The largest absolute Gasteiger partial charge is 0.320 e. The molecule has 30 heavy (non-hydrogen) atoms. The fourth-order valence-electron chi connectivity index (χ4n) is 3.20. The Bertz CT molecular complexity index is 1270. The van der Waals surface area contributed by atoms with Gasteiger partial charge in [0.15, 0.2) is 0 Å². The van der Waals surface area contributed by atoms with Crippen LogP contribution in [0.25, 0.3) is 16.3 Å². The molecule has 4 rings (SSSR count). The number of hydrogen-bond acceptors (Lipinski definition) is 4. The number of benzene rings is 2. The van der Waals surface area contributed by atoms with Crippen LogP contribution in [0.3, 0.4) is 0 Å². The Morgan fingerprint density at radius 2 is 1.93 bits per heavy atom. The summed E-state index contributed by atoms with van der Waals surface area (Å²) in [6.07, 6.45) is 0.0795. The first-order valence-electron chi connectivity index (χ1n) is 9.28.